The van der Waals surface area contributed by atoms with Gasteiger partial charge in [-0.2, -0.15) is 5.10 Å². The molecular weight excluding hydrogens is 326 g/mol. The summed E-state index contributed by atoms with van der Waals surface area (Å²) >= 11 is 6.22. The largest absolute Gasteiger partial charge is 0.332 e. The highest BCUT2D eigenvalue weighted by atomic mass is 35.5. The maximum atomic E-state index is 13.1. The van der Waals surface area contributed by atoms with Gasteiger partial charge < -0.3 is 4.90 Å². The number of piperidine rings is 1. The van der Waals surface area contributed by atoms with E-state index in [9.17, 15) is 4.79 Å². The molecule has 1 fully saturated rings. The molecular formula is C17H22ClN5O. The molecule has 1 atom stereocenters. The highest BCUT2D eigenvalue weighted by Gasteiger charge is 2.30. The predicted molar refractivity (Wildman–Crippen MR) is 92.0 cm³/mol. The number of rotatable bonds is 4. The lowest BCUT2D eigenvalue weighted by atomic mass is 10.0. The highest BCUT2D eigenvalue weighted by molar-refractivity contribution is 6.33. The molecule has 0 aliphatic carbocycles. The Morgan fingerprint density at radius 3 is 2.96 bits per heavy atom. The Balaban J connectivity index is 1.85. The molecule has 0 aromatic carbocycles. The Morgan fingerprint density at radius 2 is 2.25 bits per heavy atom. The van der Waals surface area contributed by atoms with Crippen LogP contribution in [0.25, 0.3) is 0 Å². The van der Waals surface area contributed by atoms with Gasteiger partial charge in [0.2, 0.25) is 0 Å². The van der Waals surface area contributed by atoms with Gasteiger partial charge in [0, 0.05) is 24.9 Å². The van der Waals surface area contributed by atoms with E-state index in [2.05, 4.69) is 15.1 Å². The van der Waals surface area contributed by atoms with Crippen molar-refractivity contribution in [3.05, 3.63) is 41.2 Å². The standard InChI is InChI=1S/C17H22ClN5O/c1-12(2)16-19-10-14(18)15(21-16)17(24)23-9-4-3-6-13(23)11-22-8-5-7-20-22/h5,7-8,10,12-13H,3-4,6,9,11H2,1-2H3/t13-/m0/s1. The van der Waals surface area contributed by atoms with Crippen LogP contribution in [-0.4, -0.2) is 43.1 Å². The summed E-state index contributed by atoms with van der Waals surface area (Å²) in [4.78, 5) is 23.6. The van der Waals surface area contributed by atoms with E-state index in [-0.39, 0.29) is 17.9 Å². The normalized spacial score (nSPS) is 18.2. The minimum absolute atomic E-state index is 0.110. The minimum atomic E-state index is -0.110. The summed E-state index contributed by atoms with van der Waals surface area (Å²) in [5.41, 5.74) is 0.308. The van der Waals surface area contributed by atoms with Crippen LogP contribution in [-0.2, 0) is 6.54 Å². The van der Waals surface area contributed by atoms with Crippen LogP contribution >= 0.6 is 11.6 Å². The topological polar surface area (TPSA) is 63.9 Å². The quantitative estimate of drug-likeness (QED) is 0.852. The van der Waals surface area contributed by atoms with E-state index < -0.39 is 0 Å². The molecule has 0 N–H and O–H groups in total. The molecule has 2 aromatic heterocycles. The monoisotopic (exact) mass is 347 g/mol. The lowest BCUT2D eigenvalue weighted by Crippen LogP contribution is -2.46. The number of nitrogens with zero attached hydrogens (tertiary/aromatic N) is 5. The molecule has 3 heterocycles. The van der Waals surface area contributed by atoms with Gasteiger partial charge in [-0.05, 0) is 25.3 Å². The van der Waals surface area contributed by atoms with Gasteiger partial charge >= 0.3 is 0 Å². The third-order valence-corrected chi connectivity index (χ3v) is 4.60. The Bertz CT molecular complexity index is 701. The van der Waals surface area contributed by atoms with Gasteiger partial charge in [0.1, 0.15) is 5.82 Å². The average molecular weight is 348 g/mol. The lowest BCUT2D eigenvalue weighted by Gasteiger charge is -2.35. The summed E-state index contributed by atoms with van der Waals surface area (Å²) in [5.74, 6) is 0.680. The maximum Gasteiger partial charge on any atom is 0.274 e. The first kappa shape index (κ1) is 16.9. The third-order valence-electron chi connectivity index (χ3n) is 4.33. The van der Waals surface area contributed by atoms with Crippen molar-refractivity contribution < 1.29 is 4.79 Å². The van der Waals surface area contributed by atoms with Crippen molar-refractivity contribution in [3.63, 3.8) is 0 Å². The number of likely N-dealkylation sites (tertiary alicyclic amines) is 1. The summed E-state index contributed by atoms with van der Waals surface area (Å²) in [6.07, 6.45) is 8.29. The number of aromatic nitrogens is 4. The van der Waals surface area contributed by atoms with Crippen LogP contribution in [0.5, 0.6) is 0 Å². The molecule has 0 saturated carbocycles. The minimum Gasteiger partial charge on any atom is -0.332 e. The number of hydrogen-bond donors (Lipinski definition) is 0. The average Bonchev–Trinajstić information content (AvgIpc) is 3.08. The van der Waals surface area contributed by atoms with Crippen LogP contribution in [0.4, 0.5) is 0 Å². The Kier molecular flexibility index (Phi) is 5.14. The summed E-state index contributed by atoms with van der Waals surface area (Å²) in [5, 5.41) is 4.57. The summed E-state index contributed by atoms with van der Waals surface area (Å²) in [6.45, 7) is 5.42. The maximum absolute atomic E-state index is 13.1. The van der Waals surface area contributed by atoms with Crippen LogP contribution in [0, 0.1) is 0 Å². The number of amides is 1. The van der Waals surface area contributed by atoms with Crippen LogP contribution in [0.15, 0.2) is 24.7 Å². The van der Waals surface area contributed by atoms with E-state index >= 15 is 0 Å². The SMILES string of the molecule is CC(C)c1ncc(Cl)c(C(=O)N2CCCC[C@H]2Cn2cccn2)n1. The van der Waals surface area contributed by atoms with Gasteiger partial charge in [-0.25, -0.2) is 9.97 Å². The highest BCUT2D eigenvalue weighted by Crippen LogP contribution is 2.24. The Morgan fingerprint density at radius 1 is 1.42 bits per heavy atom. The van der Waals surface area contributed by atoms with Crippen LogP contribution in [0.2, 0.25) is 5.02 Å². The molecule has 1 aliphatic rings. The van der Waals surface area contributed by atoms with E-state index in [1.54, 1.807) is 6.20 Å². The van der Waals surface area contributed by atoms with E-state index in [4.69, 9.17) is 11.6 Å². The molecule has 1 aliphatic heterocycles. The van der Waals surface area contributed by atoms with E-state index in [0.29, 0.717) is 23.1 Å². The van der Waals surface area contributed by atoms with Crippen molar-refractivity contribution in [2.75, 3.05) is 6.54 Å². The molecule has 3 rings (SSSR count). The number of carbonyl (C=O) groups excluding carboxylic acids is 1. The number of hydrogen-bond acceptors (Lipinski definition) is 4. The molecule has 1 saturated heterocycles. The number of halogens is 1. The Labute approximate surface area is 146 Å². The second-order valence-electron chi connectivity index (χ2n) is 6.46. The molecule has 0 unspecified atom stereocenters. The summed E-state index contributed by atoms with van der Waals surface area (Å²) < 4.78 is 1.87. The first-order valence-corrected chi connectivity index (χ1v) is 8.75. The molecule has 128 valence electrons. The second-order valence-corrected chi connectivity index (χ2v) is 6.86. The van der Waals surface area contributed by atoms with Crippen molar-refractivity contribution in [2.45, 2.75) is 51.6 Å². The van der Waals surface area contributed by atoms with Gasteiger partial charge in [-0.3, -0.25) is 9.48 Å². The van der Waals surface area contributed by atoms with Gasteiger partial charge in [0.25, 0.3) is 5.91 Å². The fourth-order valence-electron chi connectivity index (χ4n) is 3.03. The zero-order valence-electron chi connectivity index (χ0n) is 14.0. The molecule has 0 radical (unpaired) electrons. The molecule has 6 nitrogen and oxygen atoms in total. The van der Waals surface area contributed by atoms with Gasteiger partial charge in [-0.1, -0.05) is 25.4 Å². The number of carbonyl (C=O) groups is 1. The third kappa shape index (κ3) is 3.59. The fourth-order valence-corrected chi connectivity index (χ4v) is 3.20. The zero-order chi connectivity index (χ0) is 17.1. The van der Waals surface area contributed by atoms with Crippen molar-refractivity contribution in [1.82, 2.24) is 24.6 Å². The van der Waals surface area contributed by atoms with E-state index in [1.807, 2.05) is 35.7 Å². The summed E-state index contributed by atoms with van der Waals surface area (Å²) in [6, 6.07) is 2.00. The van der Waals surface area contributed by atoms with Gasteiger partial charge in [-0.15, -0.1) is 0 Å². The zero-order valence-corrected chi connectivity index (χ0v) is 14.8. The first-order valence-electron chi connectivity index (χ1n) is 8.37. The van der Waals surface area contributed by atoms with E-state index in [0.717, 1.165) is 25.8 Å². The molecule has 0 spiro atoms. The van der Waals surface area contributed by atoms with Crippen molar-refractivity contribution >= 4 is 17.5 Å². The Hall–Kier alpha value is -1.95. The van der Waals surface area contributed by atoms with Gasteiger partial charge in [0.15, 0.2) is 5.69 Å². The second kappa shape index (κ2) is 7.30. The molecule has 7 heteroatoms. The fraction of sp³-hybridized carbons (Fsp3) is 0.529. The van der Waals surface area contributed by atoms with Gasteiger partial charge in [0.05, 0.1) is 23.8 Å². The summed E-state index contributed by atoms with van der Waals surface area (Å²) in [7, 11) is 0. The van der Waals surface area contributed by atoms with Crippen molar-refractivity contribution in [1.29, 1.82) is 0 Å². The smallest absolute Gasteiger partial charge is 0.274 e. The van der Waals surface area contributed by atoms with Crippen molar-refractivity contribution in [2.24, 2.45) is 0 Å². The van der Waals surface area contributed by atoms with Crippen molar-refractivity contribution in [3.8, 4) is 0 Å². The molecule has 2 aromatic rings. The predicted octanol–water partition coefficient (Wildman–Crippen LogP) is 3.14. The lowest BCUT2D eigenvalue weighted by molar-refractivity contribution is 0.0577. The van der Waals surface area contributed by atoms with Crippen LogP contribution < -0.4 is 0 Å². The van der Waals surface area contributed by atoms with E-state index in [1.165, 1.54) is 6.20 Å². The van der Waals surface area contributed by atoms with Crippen LogP contribution in [0.3, 0.4) is 0 Å². The molecule has 0 bridgehead atoms. The molecule has 1 amide bonds. The molecule has 24 heavy (non-hydrogen) atoms. The van der Waals surface area contributed by atoms with Crippen LogP contribution in [0.1, 0.15) is 55.3 Å². The first-order chi connectivity index (χ1) is 11.6.